The van der Waals surface area contributed by atoms with Crippen LogP contribution in [0.2, 0.25) is 0 Å². The van der Waals surface area contributed by atoms with E-state index < -0.39 is 0 Å². The monoisotopic (exact) mass is 314 g/mol. The molecule has 1 N–H and O–H groups in total. The maximum absolute atomic E-state index is 12.7. The van der Waals surface area contributed by atoms with Crippen LogP contribution in [-0.2, 0) is 11.3 Å². The molecule has 0 aliphatic carbocycles. The number of hydrogen-bond acceptors (Lipinski definition) is 3. The Morgan fingerprint density at radius 3 is 2.91 bits per heavy atom. The quantitative estimate of drug-likeness (QED) is 0.891. The van der Waals surface area contributed by atoms with Gasteiger partial charge in [-0.25, -0.2) is 4.98 Å². The first-order valence-electron chi connectivity index (χ1n) is 8.69. The van der Waals surface area contributed by atoms with E-state index >= 15 is 0 Å². The average Bonchev–Trinajstić information content (AvgIpc) is 3.01. The lowest BCUT2D eigenvalue weighted by atomic mass is 10.0. The van der Waals surface area contributed by atoms with E-state index in [2.05, 4.69) is 32.8 Å². The van der Waals surface area contributed by atoms with Crippen LogP contribution in [0.3, 0.4) is 0 Å². The Bertz CT molecular complexity index is 645. The van der Waals surface area contributed by atoms with Gasteiger partial charge in [0.1, 0.15) is 0 Å². The van der Waals surface area contributed by atoms with Gasteiger partial charge in [0.2, 0.25) is 5.91 Å². The number of carbonyl (C=O) groups excluding carboxylic acids is 1. The number of carbonyl (C=O) groups is 1. The molecule has 1 aromatic carbocycles. The van der Waals surface area contributed by atoms with Gasteiger partial charge in [-0.15, -0.1) is 0 Å². The zero-order chi connectivity index (χ0) is 16.1. The average molecular weight is 314 g/mol. The molecule has 5 heteroatoms. The fourth-order valence-electron chi connectivity index (χ4n) is 3.42. The maximum atomic E-state index is 12.7. The van der Waals surface area contributed by atoms with Gasteiger partial charge >= 0.3 is 0 Å². The highest BCUT2D eigenvalue weighted by atomic mass is 16.2. The lowest BCUT2D eigenvalue weighted by molar-refractivity contribution is -0.134. The molecule has 1 amide bonds. The van der Waals surface area contributed by atoms with Crippen LogP contribution in [0, 0.1) is 0 Å². The van der Waals surface area contributed by atoms with Gasteiger partial charge in [0.25, 0.3) is 0 Å². The first-order chi connectivity index (χ1) is 11.3. The summed E-state index contributed by atoms with van der Waals surface area (Å²) >= 11 is 0. The number of piperidine rings is 1. The third-order valence-corrected chi connectivity index (χ3v) is 4.63. The number of fused-ring (bicyclic) bond motifs is 1. The Kier molecular flexibility index (Phi) is 5.28. The highest BCUT2D eigenvalue weighted by Gasteiger charge is 2.24. The highest BCUT2D eigenvalue weighted by Crippen LogP contribution is 2.16. The number of nitrogens with one attached hydrogen (secondary N) is 1. The molecule has 124 valence electrons. The summed E-state index contributed by atoms with van der Waals surface area (Å²) < 4.78 is 2.08. The van der Waals surface area contributed by atoms with Gasteiger partial charge in [0.15, 0.2) is 0 Å². The van der Waals surface area contributed by atoms with E-state index in [4.69, 9.17) is 0 Å². The Hall–Kier alpha value is -1.88. The van der Waals surface area contributed by atoms with Crippen molar-refractivity contribution in [1.29, 1.82) is 0 Å². The summed E-state index contributed by atoms with van der Waals surface area (Å²) in [7, 11) is 0. The van der Waals surface area contributed by atoms with E-state index in [0.29, 0.717) is 19.0 Å². The number of aryl methyl sites for hydroxylation is 1. The van der Waals surface area contributed by atoms with Crippen LogP contribution in [0.25, 0.3) is 11.0 Å². The molecule has 1 aliphatic rings. The molecule has 0 unspecified atom stereocenters. The molecule has 0 radical (unpaired) electrons. The van der Waals surface area contributed by atoms with Crippen LogP contribution >= 0.6 is 0 Å². The molecule has 1 aromatic heterocycles. The molecule has 1 aliphatic heterocycles. The minimum Gasteiger partial charge on any atom is -0.340 e. The molecule has 0 atom stereocenters. The Morgan fingerprint density at radius 2 is 2.13 bits per heavy atom. The number of benzene rings is 1. The summed E-state index contributed by atoms with van der Waals surface area (Å²) in [5.41, 5.74) is 2.09. The zero-order valence-electron chi connectivity index (χ0n) is 13.9. The molecule has 0 spiro atoms. The summed E-state index contributed by atoms with van der Waals surface area (Å²) in [6.45, 7) is 5.75. The van der Waals surface area contributed by atoms with Crippen LogP contribution in [0.15, 0.2) is 30.6 Å². The Labute approximate surface area is 137 Å². The van der Waals surface area contributed by atoms with E-state index in [9.17, 15) is 4.79 Å². The zero-order valence-corrected chi connectivity index (χ0v) is 13.9. The fourth-order valence-corrected chi connectivity index (χ4v) is 3.42. The molecule has 23 heavy (non-hydrogen) atoms. The summed E-state index contributed by atoms with van der Waals surface area (Å²) in [5, 5.41) is 3.37. The SMILES string of the molecule is CCCN(C(=O)CCn1cnc2ccccc21)C1CCNCC1. The second-order valence-corrected chi connectivity index (χ2v) is 6.24. The number of aromatic nitrogens is 2. The van der Waals surface area contributed by atoms with Crippen LogP contribution in [-0.4, -0.2) is 46.0 Å². The number of nitrogens with zero attached hydrogens (tertiary/aromatic N) is 3. The van der Waals surface area contributed by atoms with Gasteiger partial charge in [0.05, 0.1) is 17.4 Å². The Balaban J connectivity index is 1.64. The van der Waals surface area contributed by atoms with Crippen molar-refractivity contribution in [2.45, 2.75) is 45.2 Å². The molecule has 0 bridgehead atoms. The van der Waals surface area contributed by atoms with Crippen molar-refractivity contribution >= 4 is 16.9 Å². The van der Waals surface area contributed by atoms with Crippen LogP contribution in [0.4, 0.5) is 0 Å². The fraction of sp³-hybridized carbons (Fsp3) is 0.556. The summed E-state index contributed by atoms with van der Waals surface area (Å²) in [5.74, 6) is 0.275. The number of hydrogen-bond donors (Lipinski definition) is 1. The van der Waals surface area contributed by atoms with E-state index in [0.717, 1.165) is 49.9 Å². The van der Waals surface area contributed by atoms with Gasteiger partial charge in [-0.05, 0) is 44.5 Å². The molecule has 0 saturated carbocycles. The van der Waals surface area contributed by atoms with Crippen molar-refractivity contribution in [3.8, 4) is 0 Å². The predicted molar refractivity (Wildman–Crippen MR) is 92.2 cm³/mol. The molecule has 1 saturated heterocycles. The van der Waals surface area contributed by atoms with E-state index in [-0.39, 0.29) is 5.91 Å². The van der Waals surface area contributed by atoms with E-state index in [1.165, 1.54) is 0 Å². The molecule has 3 rings (SSSR count). The van der Waals surface area contributed by atoms with Crippen molar-refractivity contribution in [1.82, 2.24) is 19.8 Å². The van der Waals surface area contributed by atoms with Crippen LogP contribution < -0.4 is 5.32 Å². The van der Waals surface area contributed by atoms with Crippen LogP contribution in [0.1, 0.15) is 32.6 Å². The summed E-state index contributed by atoms with van der Waals surface area (Å²) in [6, 6.07) is 8.48. The predicted octanol–water partition coefficient (Wildman–Crippen LogP) is 2.42. The molecule has 1 fully saturated rings. The summed E-state index contributed by atoms with van der Waals surface area (Å²) in [4.78, 5) is 19.2. The maximum Gasteiger partial charge on any atom is 0.224 e. The van der Waals surface area contributed by atoms with E-state index in [1.807, 2.05) is 24.5 Å². The molecular formula is C18H26N4O. The second-order valence-electron chi connectivity index (χ2n) is 6.24. The largest absolute Gasteiger partial charge is 0.340 e. The third-order valence-electron chi connectivity index (χ3n) is 4.63. The first-order valence-corrected chi connectivity index (χ1v) is 8.69. The van der Waals surface area contributed by atoms with Gasteiger partial charge in [-0.2, -0.15) is 0 Å². The Morgan fingerprint density at radius 1 is 1.35 bits per heavy atom. The molecular weight excluding hydrogens is 288 g/mol. The smallest absolute Gasteiger partial charge is 0.224 e. The first kappa shape index (κ1) is 16.0. The third kappa shape index (κ3) is 3.72. The standard InChI is InChI=1S/C18H26N4O/c1-2-12-22(15-7-10-19-11-8-15)18(23)9-13-21-14-20-16-5-3-4-6-17(16)21/h3-6,14-15,19H,2,7-13H2,1H3. The van der Waals surface area contributed by atoms with Crippen molar-refractivity contribution in [3.05, 3.63) is 30.6 Å². The molecule has 2 aromatic rings. The van der Waals surface area contributed by atoms with Crippen molar-refractivity contribution in [2.24, 2.45) is 0 Å². The number of para-hydroxylation sites is 2. The minimum atomic E-state index is 0.275. The van der Waals surface area contributed by atoms with Gasteiger partial charge in [-0.1, -0.05) is 19.1 Å². The number of amides is 1. The normalized spacial score (nSPS) is 15.9. The van der Waals surface area contributed by atoms with Crippen molar-refractivity contribution < 1.29 is 4.79 Å². The number of imidazole rings is 1. The topological polar surface area (TPSA) is 50.2 Å². The van der Waals surface area contributed by atoms with Gasteiger partial charge < -0.3 is 14.8 Å². The van der Waals surface area contributed by atoms with Gasteiger partial charge in [0, 0.05) is 25.6 Å². The van der Waals surface area contributed by atoms with Gasteiger partial charge in [-0.3, -0.25) is 4.79 Å². The minimum absolute atomic E-state index is 0.275. The summed E-state index contributed by atoms with van der Waals surface area (Å²) in [6.07, 6.45) is 5.54. The highest BCUT2D eigenvalue weighted by molar-refractivity contribution is 5.78. The van der Waals surface area contributed by atoms with Crippen LogP contribution in [0.5, 0.6) is 0 Å². The van der Waals surface area contributed by atoms with Crippen molar-refractivity contribution in [2.75, 3.05) is 19.6 Å². The molecule has 5 nitrogen and oxygen atoms in total. The second kappa shape index (κ2) is 7.59. The number of rotatable bonds is 6. The lowest BCUT2D eigenvalue weighted by Gasteiger charge is -2.34. The van der Waals surface area contributed by atoms with E-state index in [1.54, 1.807) is 0 Å². The van der Waals surface area contributed by atoms with Crippen molar-refractivity contribution in [3.63, 3.8) is 0 Å². The lowest BCUT2D eigenvalue weighted by Crippen LogP contribution is -2.46. The molecule has 2 heterocycles.